The summed E-state index contributed by atoms with van der Waals surface area (Å²) in [6, 6.07) is 0. The van der Waals surface area contributed by atoms with Crippen LogP contribution in [0.2, 0.25) is 0 Å². The van der Waals surface area contributed by atoms with Crippen LogP contribution in [-0.2, 0) is 4.79 Å². The van der Waals surface area contributed by atoms with E-state index in [2.05, 4.69) is 0 Å². The first-order valence-electron chi connectivity index (χ1n) is 4.44. The number of ketones is 1. The van der Waals surface area contributed by atoms with Crippen LogP contribution in [0.15, 0.2) is 0 Å². The van der Waals surface area contributed by atoms with E-state index in [1.165, 1.54) is 0 Å². The minimum absolute atomic E-state index is 0.00301. The van der Waals surface area contributed by atoms with Crippen molar-refractivity contribution < 1.29 is 18.0 Å². The molecule has 0 spiro atoms. The Morgan fingerprint density at radius 1 is 1.38 bits per heavy atom. The molecule has 1 saturated carbocycles. The molecule has 1 fully saturated rings. The molecule has 0 aliphatic heterocycles. The third-order valence-corrected chi connectivity index (χ3v) is 2.54. The predicted octanol–water partition coefficient (Wildman–Crippen LogP) is 3.09. The van der Waals surface area contributed by atoms with E-state index in [0.29, 0.717) is 0 Å². The van der Waals surface area contributed by atoms with Crippen molar-refractivity contribution in [2.45, 2.75) is 45.2 Å². The summed E-state index contributed by atoms with van der Waals surface area (Å²) < 4.78 is 35.1. The Kier molecular flexibility index (Phi) is 2.68. The summed E-state index contributed by atoms with van der Waals surface area (Å²) in [7, 11) is 0. The van der Waals surface area contributed by atoms with Crippen molar-refractivity contribution in [2.24, 2.45) is 5.41 Å². The third-order valence-electron chi connectivity index (χ3n) is 2.54. The molecule has 13 heavy (non-hydrogen) atoms. The van der Waals surface area contributed by atoms with Crippen LogP contribution in [0.4, 0.5) is 13.2 Å². The van der Waals surface area contributed by atoms with Gasteiger partial charge in [0.2, 0.25) is 0 Å². The SMILES string of the molecule is CC1(C(=O)CCCC(F)(F)F)CC1. The zero-order valence-corrected chi connectivity index (χ0v) is 7.58. The lowest BCUT2D eigenvalue weighted by Gasteiger charge is -2.08. The van der Waals surface area contributed by atoms with E-state index < -0.39 is 12.6 Å². The van der Waals surface area contributed by atoms with Crippen molar-refractivity contribution >= 4 is 5.78 Å². The number of halogens is 3. The highest BCUT2D eigenvalue weighted by molar-refractivity contribution is 5.86. The molecule has 0 saturated heterocycles. The standard InChI is InChI=1S/C9H13F3O/c1-8(5-6-8)7(13)3-2-4-9(10,11)12/h2-6H2,1H3. The Morgan fingerprint density at radius 3 is 2.31 bits per heavy atom. The van der Waals surface area contributed by atoms with Crippen molar-refractivity contribution in [3.05, 3.63) is 0 Å². The lowest BCUT2D eigenvalue weighted by atomic mass is 9.99. The first-order chi connectivity index (χ1) is 5.83. The number of Topliss-reactive ketones (excluding diaryl/α,β-unsaturated/α-hetero) is 1. The normalized spacial score (nSPS) is 20.0. The van der Waals surface area contributed by atoms with Gasteiger partial charge >= 0.3 is 6.18 Å². The van der Waals surface area contributed by atoms with Crippen LogP contribution in [0.25, 0.3) is 0 Å². The summed E-state index contributed by atoms with van der Waals surface area (Å²) >= 11 is 0. The Labute approximate surface area is 75.3 Å². The first kappa shape index (κ1) is 10.5. The molecule has 0 bridgehead atoms. The van der Waals surface area contributed by atoms with Crippen LogP contribution in [-0.4, -0.2) is 12.0 Å². The Balaban J connectivity index is 2.16. The molecule has 0 aromatic rings. The van der Waals surface area contributed by atoms with Gasteiger partial charge in [-0.3, -0.25) is 4.79 Å². The second kappa shape index (κ2) is 3.31. The highest BCUT2D eigenvalue weighted by atomic mass is 19.4. The second-order valence-electron chi connectivity index (χ2n) is 3.95. The maximum absolute atomic E-state index is 11.7. The van der Waals surface area contributed by atoms with Gasteiger partial charge in [-0.2, -0.15) is 13.2 Å². The smallest absolute Gasteiger partial charge is 0.299 e. The average Bonchev–Trinajstić information content (AvgIpc) is 2.66. The molecule has 0 amide bonds. The van der Waals surface area contributed by atoms with Crippen LogP contribution < -0.4 is 0 Å². The Hall–Kier alpha value is -0.540. The molecule has 4 heteroatoms. The van der Waals surface area contributed by atoms with E-state index in [1.807, 2.05) is 6.92 Å². The Bertz CT molecular complexity index is 203. The van der Waals surface area contributed by atoms with E-state index in [9.17, 15) is 18.0 Å². The first-order valence-corrected chi connectivity index (χ1v) is 4.44. The number of carbonyl (C=O) groups excluding carboxylic acids is 1. The van der Waals surface area contributed by atoms with Crippen LogP contribution in [0.3, 0.4) is 0 Å². The monoisotopic (exact) mass is 194 g/mol. The molecule has 0 aromatic carbocycles. The van der Waals surface area contributed by atoms with Gasteiger partial charge in [-0.15, -0.1) is 0 Å². The minimum atomic E-state index is -4.12. The van der Waals surface area contributed by atoms with Gasteiger partial charge in [0.15, 0.2) is 0 Å². The second-order valence-corrected chi connectivity index (χ2v) is 3.95. The third kappa shape index (κ3) is 3.36. The molecular weight excluding hydrogens is 181 g/mol. The number of rotatable bonds is 4. The highest BCUT2D eigenvalue weighted by Crippen LogP contribution is 2.46. The summed E-state index contributed by atoms with van der Waals surface area (Å²) in [6.45, 7) is 1.82. The molecule has 0 heterocycles. The number of alkyl halides is 3. The van der Waals surface area contributed by atoms with Gasteiger partial charge in [-0.1, -0.05) is 6.92 Å². The average molecular weight is 194 g/mol. The fraction of sp³-hybridized carbons (Fsp3) is 0.889. The van der Waals surface area contributed by atoms with Gasteiger partial charge in [-0.05, 0) is 19.3 Å². The summed E-state index contributed by atoms with van der Waals surface area (Å²) in [5.74, 6) is -0.00301. The van der Waals surface area contributed by atoms with Crippen molar-refractivity contribution in [1.29, 1.82) is 0 Å². The van der Waals surface area contributed by atoms with Crippen LogP contribution in [0.1, 0.15) is 39.0 Å². The van der Waals surface area contributed by atoms with Gasteiger partial charge in [0.1, 0.15) is 5.78 Å². The number of hydrogen-bond donors (Lipinski definition) is 0. The molecule has 0 atom stereocenters. The van der Waals surface area contributed by atoms with Gasteiger partial charge < -0.3 is 0 Å². The number of carbonyl (C=O) groups is 1. The van der Waals surface area contributed by atoms with Crippen LogP contribution in [0, 0.1) is 5.41 Å². The van der Waals surface area contributed by atoms with Gasteiger partial charge in [0.05, 0.1) is 0 Å². The fourth-order valence-corrected chi connectivity index (χ4v) is 1.22. The maximum Gasteiger partial charge on any atom is 0.389 e. The quantitative estimate of drug-likeness (QED) is 0.672. The van der Waals surface area contributed by atoms with Gasteiger partial charge in [0.25, 0.3) is 0 Å². The van der Waals surface area contributed by atoms with Crippen LogP contribution >= 0.6 is 0 Å². The maximum atomic E-state index is 11.7. The molecule has 0 aromatic heterocycles. The van der Waals surface area contributed by atoms with E-state index in [4.69, 9.17) is 0 Å². The molecule has 1 aliphatic carbocycles. The van der Waals surface area contributed by atoms with Crippen molar-refractivity contribution in [1.82, 2.24) is 0 Å². The summed E-state index contributed by atoms with van der Waals surface area (Å²) in [4.78, 5) is 11.2. The largest absolute Gasteiger partial charge is 0.389 e. The Morgan fingerprint density at radius 2 is 1.92 bits per heavy atom. The minimum Gasteiger partial charge on any atom is -0.299 e. The topological polar surface area (TPSA) is 17.1 Å². The summed E-state index contributed by atoms with van der Waals surface area (Å²) in [6.07, 6.45) is -3.25. The molecule has 0 N–H and O–H groups in total. The van der Waals surface area contributed by atoms with E-state index in [-0.39, 0.29) is 24.0 Å². The van der Waals surface area contributed by atoms with Gasteiger partial charge in [0, 0.05) is 18.3 Å². The summed E-state index contributed by atoms with van der Waals surface area (Å²) in [5, 5.41) is 0. The molecule has 0 unspecified atom stereocenters. The molecule has 1 rings (SSSR count). The molecule has 76 valence electrons. The molecule has 1 aliphatic rings. The molecule has 1 nitrogen and oxygen atoms in total. The zero-order chi connectivity index (χ0) is 10.1. The highest BCUT2D eigenvalue weighted by Gasteiger charge is 2.43. The molecular formula is C9H13F3O. The van der Waals surface area contributed by atoms with Crippen molar-refractivity contribution in [3.8, 4) is 0 Å². The van der Waals surface area contributed by atoms with E-state index in [0.717, 1.165) is 12.8 Å². The van der Waals surface area contributed by atoms with Crippen molar-refractivity contribution in [3.63, 3.8) is 0 Å². The van der Waals surface area contributed by atoms with E-state index >= 15 is 0 Å². The van der Waals surface area contributed by atoms with Gasteiger partial charge in [-0.25, -0.2) is 0 Å². The number of hydrogen-bond acceptors (Lipinski definition) is 1. The lowest BCUT2D eigenvalue weighted by molar-refractivity contribution is -0.137. The summed E-state index contributed by atoms with van der Waals surface area (Å²) in [5.41, 5.74) is -0.272. The zero-order valence-electron chi connectivity index (χ0n) is 7.58. The van der Waals surface area contributed by atoms with Crippen molar-refractivity contribution in [2.75, 3.05) is 0 Å². The van der Waals surface area contributed by atoms with E-state index in [1.54, 1.807) is 0 Å². The predicted molar refractivity (Wildman–Crippen MR) is 42.3 cm³/mol. The fourth-order valence-electron chi connectivity index (χ4n) is 1.22. The van der Waals surface area contributed by atoms with Crippen LogP contribution in [0.5, 0.6) is 0 Å². The molecule has 0 radical (unpaired) electrons. The lowest BCUT2D eigenvalue weighted by Crippen LogP contribution is -2.13.